The van der Waals surface area contributed by atoms with Crippen molar-refractivity contribution >= 4 is 23.6 Å². The minimum atomic E-state index is -0.643. The third-order valence-electron chi connectivity index (χ3n) is 6.22. The average Bonchev–Trinajstić information content (AvgIpc) is 2.93. The van der Waals surface area contributed by atoms with Crippen molar-refractivity contribution in [2.45, 2.75) is 25.7 Å². The van der Waals surface area contributed by atoms with E-state index in [1.165, 1.54) is 13.8 Å². The van der Waals surface area contributed by atoms with Crippen LogP contribution in [0.15, 0.2) is 48.5 Å². The highest BCUT2D eigenvalue weighted by molar-refractivity contribution is 6.11. The molecular weight excluding hydrogens is 356 g/mol. The first-order valence-electron chi connectivity index (χ1n) is 9.30. The Bertz CT molecular complexity index is 946. The van der Waals surface area contributed by atoms with Crippen LogP contribution in [0.2, 0.25) is 0 Å². The third kappa shape index (κ3) is 1.92. The Hall–Kier alpha value is -3.28. The van der Waals surface area contributed by atoms with Crippen LogP contribution in [-0.2, 0) is 19.2 Å². The molecule has 6 heteroatoms. The lowest BCUT2D eigenvalue weighted by Gasteiger charge is -2.45. The molecule has 2 aromatic carbocycles. The number of amides is 4. The van der Waals surface area contributed by atoms with E-state index in [2.05, 4.69) is 0 Å². The number of benzene rings is 2. The second-order valence-corrected chi connectivity index (χ2v) is 7.60. The zero-order valence-corrected chi connectivity index (χ0v) is 15.5. The van der Waals surface area contributed by atoms with E-state index < -0.39 is 35.5 Å². The molecule has 6 rings (SSSR count). The fraction of sp³-hybridized carbons (Fsp3) is 0.273. The molecule has 0 radical (unpaired) electrons. The summed E-state index contributed by atoms with van der Waals surface area (Å²) in [5, 5.41) is 1.47. The Morgan fingerprint density at radius 3 is 1.32 bits per heavy atom. The average molecular weight is 374 g/mol. The first-order chi connectivity index (χ1) is 13.4. The predicted octanol–water partition coefficient (Wildman–Crippen LogP) is 2.19. The quantitative estimate of drug-likeness (QED) is 0.717. The molecule has 4 aliphatic rings. The van der Waals surface area contributed by atoms with Gasteiger partial charge in [0.25, 0.3) is 11.8 Å². The number of rotatable bonds is 1. The minimum absolute atomic E-state index is 0.260. The standard InChI is InChI=1S/C22H18N2O4/c1-11(25)23(12(2)26)24-21(27)19-17-13-7-3-4-8-14(13)18(20(19)22(24)28)16-10-6-5-9-15(16)17/h3-10,17-20H,1-2H3/t17?,18?,19-,20+. The molecule has 1 saturated heterocycles. The van der Waals surface area contributed by atoms with Crippen molar-refractivity contribution in [3.05, 3.63) is 70.8 Å². The number of carbonyl (C=O) groups excluding carboxylic acids is 4. The molecule has 0 spiro atoms. The van der Waals surface area contributed by atoms with Gasteiger partial charge in [-0.1, -0.05) is 48.5 Å². The highest BCUT2D eigenvalue weighted by Crippen LogP contribution is 2.61. The smallest absolute Gasteiger partial charge is 0.253 e. The van der Waals surface area contributed by atoms with Gasteiger partial charge in [-0.15, -0.1) is 0 Å². The van der Waals surface area contributed by atoms with Gasteiger partial charge in [0.2, 0.25) is 11.8 Å². The molecule has 0 unspecified atom stereocenters. The van der Waals surface area contributed by atoms with Gasteiger partial charge in [0.15, 0.2) is 0 Å². The van der Waals surface area contributed by atoms with Crippen molar-refractivity contribution < 1.29 is 19.2 Å². The van der Waals surface area contributed by atoms with Crippen LogP contribution in [0.1, 0.15) is 47.9 Å². The van der Waals surface area contributed by atoms with E-state index in [1.54, 1.807) is 0 Å². The Morgan fingerprint density at radius 1 is 0.714 bits per heavy atom. The fourth-order valence-corrected chi connectivity index (χ4v) is 5.36. The molecule has 1 fully saturated rings. The molecule has 2 aromatic rings. The van der Waals surface area contributed by atoms with Crippen LogP contribution in [0.3, 0.4) is 0 Å². The normalized spacial score (nSPS) is 26.6. The number of hydrogen-bond acceptors (Lipinski definition) is 4. The molecule has 0 saturated carbocycles. The van der Waals surface area contributed by atoms with Crippen molar-refractivity contribution in [1.82, 2.24) is 10.0 Å². The van der Waals surface area contributed by atoms with E-state index >= 15 is 0 Å². The lowest BCUT2D eigenvalue weighted by molar-refractivity contribution is -0.175. The SMILES string of the molecule is CC(=O)N(C(C)=O)N1C(=O)[C@@H]2C3c4ccccc4C(c4ccccc43)[C@@H]2C1=O. The number of carbonyl (C=O) groups is 4. The van der Waals surface area contributed by atoms with Crippen molar-refractivity contribution in [3.8, 4) is 0 Å². The Morgan fingerprint density at radius 2 is 1.04 bits per heavy atom. The highest BCUT2D eigenvalue weighted by atomic mass is 16.2. The van der Waals surface area contributed by atoms with Gasteiger partial charge < -0.3 is 0 Å². The lowest BCUT2D eigenvalue weighted by Crippen LogP contribution is -2.51. The van der Waals surface area contributed by atoms with Gasteiger partial charge >= 0.3 is 0 Å². The summed E-state index contributed by atoms with van der Waals surface area (Å²) in [5.74, 6) is -3.97. The largest absolute Gasteiger partial charge is 0.273 e. The molecule has 1 aliphatic heterocycles. The van der Waals surface area contributed by atoms with Crippen LogP contribution < -0.4 is 0 Å². The molecule has 6 nitrogen and oxygen atoms in total. The maximum atomic E-state index is 13.4. The Labute approximate surface area is 161 Å². The lowest BCUT2D eigenvalue weighted by atomic mass is 9.55. The summed E-state index contributed by atoms with van der Waals surface area (Å²) < 4.78 is 0. The number of nitrogens with zero attached hydrogens (tertiary/aromatic N) is 2. The van der Waals surface area contributed by atoms with Gasteiger partial charge in [0.05, 0.1) is 11.8 Å². The monoisotopic (exact) mass is 374 g/mol. The molecule has 2 atom stereocenters. The highest BCUT2D eigenvalue weighted by Gasteiger charge is 2.63. The van der Waals surface area contributed by atoms with Crippen molar-refractivity contribution in [3.63, 3.8) is 0 Å². The molecule has 140 valence electrons. The van der Waals surface area contributed by atoms with Crippen LogP contribution >= 0.6 is 0 Å². The van der Waals surface area contributed by atoms with Gasteiger partial charge in [-0.05, 0) is 22.3 Å². The Kier molecular flexibility index (Phi) is 3.38. The molecule has 0 N–H and O–H groups in total. The topological polar surface area (TPSA) is 74.8 Å². The van der Waals surface area contributed by atoms with Crippen LogP contribution in [-0.4, -0.2) is 33.6 Å². The first kappa shape index (κ1) is 16.9. The van der Waals surface area contributed by atoms with Gasteiger partial charge in [-0.2, -0.15) is 10.0 Å². The number of imide groups is 2. The third-order valence-corrected chi connectivity index (χ3v) is 6.22. The van der Waals surface area contributed by atoms with Crippen molar-refractivity contribution in [2.75, 3.05) is 0 Å². The van der Waals surface area contributed by atoms with Crippen LogP contribution in [0.5, 0.6) is 0 Å². The van der Waals surface area contributed by atoms with E-state index in [0.29, 0.717) is 5.01 Å². The molecule has 4 amide bonds. The summed E-state index contributed by atoms with van der Waals surface area (Å²) in [5.41, 5.74) is 4.20. The van der Waals surface area contributed by atoms with Crippen LogP contribution in [0, 0.1) is 11.8 Å². The maximum Gasteiger partial charge on any atom is 0.253 e. The van der Waals surface area contributed by atoms with Crippen LogP contribution in [0.25, 0.3) is 0 Å². The minimum Gasteiger partial charge on any atom is -0.273 e. The molecule has 3 aliphatic carbocycles. The van der Waals surface area contributed by atoms with Crippen molar-refractivity contribution in [2.24, 2.45) is 11.8 Å². The van der Waals surface area contributed by atoms with E-state index in [4.69, 9.17) is 0 Å². The molecule has 1 heterocycles. The van der Waals surface area contributed by atoms with Crippen LogP contribution in [0.4, 0.5) is 0 Å². The number of hydrogen-bond donors (Lipinski definition) is 0. The van der Waals surface area contributed by atoms with Crippen molar-refractivity contribution in [1.29, 1.82) is 0 Å². The number of hydrazine groups is 1. The maximum absolute atomic E-state index is 13.4. The predicted molar refractivity (Wildman–Crippen MR) is 98.6 cm³/mol. The summed E-state index contributed by atoms with van der Waals surface area (Å²) in [4.78, 5) is 50.8. The summed E-state index contributed by atoms with van der Waals surface area (Å²) in [6.45, 7) is 2.37. The summed E-state index contributed by atoms with van der Waals surface area (Å²) in [6, 6.07) is 15.8. The molecule has 2 bridgehead atoms. The second-order valence-electron chi connectivity index (χ2n) is 7.60. The fourth-order valence-electron chi connectivity index (χ4n) is 5.36. The van der Waals surface area contributed by atoms with E-state index in [-0.39, 0.29) is 11.8 Å². The molecule has 0 aromatic heterocycles. The molecular formula is C22H18N2O4. The molecule has 28 heavy (non-hydrogen) atoms. The van der Waals surface area contributed by atoms with E-state index in [1.807, 2.05) is 48.5 Å². The zero-order valence-electron chi connectivity index (χ0n) is 15.5. The van der Waals surface area contributed by atoms with E-state index in [0.717, 1.165) is 27.3 Å². The van der Waals surface area contributed by atoms with E-state index in [9.17, 15) is 19.2 Å². The summed E-state index contributed by atoms with van der Waals surface area (Å²) >= 11 is 0. The first-order valence-corrected chi connectivity index (χ1v) is 9.30. The van der Waals surface area contributed by atoms with Gasteiger partial charge in [0.1, 0.15) is 0 Å². The van der Waals surface area contributed by atoms with Gasteiger partial charge in [-0.25, -0.2) is 0 Å². The second kappa shape index (κ2) is 5.61. The van der Waals surface area contributed by atoms with Gasteiger partial charge in [-0.3, -0.25) is 19.2 Å². The van der Waals surface area contributed by atoms with Gasteiger partial charge in [0, 0.05) is 25.7 Å². The summed E-state index contributed by atoms with van der Waals surface area (Å²) in [6.07, 6.45) is 0. The summed E-state index contributed by atoms with van der Waals surface area (Å²) in [7, 11) is 0. The zero-order chi connectivity index (χ0) is 19.7. The Balaban J connectivity index is 1.73.